The predicted molar refractivity (Wildman–Crippen MR) is 211 cm³/mol. The lowest BCUT2D eigenvalue weighted by molar-refractivity contribution is -0.135. The largest absolute Gasteiger partial charge is 0.391 e. The Balaban J connectivity index is 1.51. The molecule has 0 radical (unpaired) electrons. The highest BCUT2D eigenvalue weighted by atomic mass is 16.3. The minimum atomic E-state index is -0.974. The average Bonchev–Trinajstić information content (AvgIpc) is 3.66. The molecule has 3 amide bonds. The van der Waals surface area contributed by atoms with Gasteiger partial charge in [-0.2, -0.15) is 0 Å². The number of amides is 3. The van der Waals surface area contributed by atoms with E-state index < -0.39 is 35.4 Å². The van der Waals surface area contributed by atoms with Crippen molar-refractivity contribution in [3.05, 3.63) is 78.5 Å². The topological polar surface area (TPSA) is 166 Å². The third kappa shape index (κ3) is 14.1. The van der Waals surface area contributed by atoms with Gasteiger partial charge >= 0.3 is 0 Å². The van der Waals surface area contributed by atoms with Crippen LogP contribution < -0.4 is 16.0 Å². The van der Waals surface area contributed by atoms with Crippen molar-refractivity contribution in [2.24, 2.45) is 29.1 Å². The summed E-state index contributed by atoms with van der Waals surface area (Å²) in [4.78, 5) is 65.8. The number of ketones is 1. The molecule has 1 aliphatic carbocycles. The molecule has 3 aromatic rings. The molecule has 0 saturated heterocycles. The number of imidazole rings is 1. The van der Waals surface area contributed by atoms with Crippen molar-refractivity contribution in [2.45, 2.75) is 130 Å². The fraction of sp³-hybridized carbons (Fsp3) is 0.581. The summed E-state index contributed by atoms with van der Waals surface area (Å²) in [7, 11) is 0. The quantitative estimate of drug-likeness (QED) is 0.0871. The zero-order valence-corrected chi connectivity index (χ0v) is 32.9. The van der Waals surface area contributed by atoms with E-state index in [0.717, 1.165) is 31.2 Å². The van der Waals surface area contributed by atoms with Crippen LogP contribution in [0.25, 0.3) is 0 Å². The minimum Gasteiger partial charge on any atom is -0.391 e. The molecule has 2 aromatic heterocycles. The Labute approximate surface area is 321 Å². The standard InChI is InChI=1S/C43H62N6O5/c1-29(2)32(19-20-40(52)49-39-18-12-13-21-45-39)24-37(50)35(23-31-16-10-7-11-17-31)47-42(54)36(26-34-27-44-28-46-34)48-41(53)33(25-38(51)43(3,4)5)22-30-14-8-6-9-15-30/h6,8-9,12-15,18,21,27-29,31-33,35-37,50H,7,10-11,16-17,19-20,22-26H2,1-5H3,(H,44,46)(H,47,54)(H,48,53)(H,45,49,52)/t32-,33+,35-,36-,37-/m0/s1. The lowest BCUT2D eigenvalue weighted by Crippen LogP contribution is -2.55. The van der Waals surface area contributed by atoms with Gasteiger partial charge in [0, 0.05) is 48.7 Å². The number of aromatic nitrogens is 3. The van der Waals surface area contributed by atoms with Crippen LogP contribution in [-0.2, 0) is 32.0 Å². The number of Topliss-reactive ketones (excluding diaryl/α,β-unsaturated/α-hetero) is 1. The molecule has 0 aliphatic heterocycles. The fourth-order valence-electron chi connectivity index (χ4n) is 7.34. The Hall–Kier alpha value is -4.38. The number of aliphatic hydroxyl groups is 1. The molecular weight excluding hydrogens is 681 g/mol. The van der Waals surface area contributed by atoms with Crippen molar-refractivity contribution in [2.75, 3.05) is 5.32 Å². The zero-order chi connectivity index (χ0) is 39.1. The van der Waals surface area contributed by atoms with Crippen LogP contribution in [0.1, 0.15) is 110 Å². The summed E-state index contributed by atoms with van der Waals surface area (Å²) in [5.74, 6) is -0.522. The lowest BCUT2D eigenvalue weighted by atomic mass is 9.80. The summed E-state index contributed by atoms with van der Waals surface area (Å²) >= 11 is 0. The molecule has 1 aliphatic rings. The Morgan fingerprint density at radius 1 is 0.926 bits per heavy atom. The molecule has 0 spiro atoms. The highest BCUT2D eigenvalue weighted by Gasteiger charge is 2.34. The van der Waals surface area contributed by atoms with E-state index in [2.05, 4.69) is 44.7 Å². The molecule has 1 saturated carbocycles. The van der Waals surface area contributed by atoms with E-state index in [1.807, 2.05) is 57.2 Å². The first-order chi connectivity index (χ1) is 25.8. The van der Waals surface area contributed by atoms with Gasteiger partial charge in [0.25, 0.3) is 0 Å². The number of carbonyl (C=O) groups is 4. The molecule has 2 heterocycles. The number of aliphatic hydroxyl groups excluding tert-OH is 1. The van der Waals surface area contributed by atoms with E-state index in [1.54, 1.807) is 24.5 Å². The molecule has 54 heavy (non-hydrogen) atoms. The SMILES string of the molecule is CC(C)[C@@H](CCC(=O)Nc1ccccn1)C[C@H](O)[C@H](CC1CCCCC1)NC(=O)[C@H](Cc1cnc[nH]1)NC(=O)[C@@H](CC(=O)C(C)(C)C)Cc1ccccc1. The number of benzene rings is 1. The molecule has 0 bridgehead atoms. The first kappa shape index (κ1) is 42.4. The van der Waals surface area contributed by atoms with Gasteiger partial charge in [-0.1, -0.05) is 103 Å². The van der Waals surface area contributed by atoms with Crippen LogP contribution in [0.5, 0.6) is 0 Å². The summed E-state index contributed by atoms with van der Waals surface area (Å²) in [5.41, 5.74) is 0.980. The zero-order valence-electron chi connectivity index (χ0n) is 32.9. The van der Waals surface area contributed by atoms with Crippen molar-refractivity contribution in [1.82, 2.24) is 25.6 Å². The van der Waals surface area contributed by atoms with Gasteiger partial charge in [-0.15, -0.1) is 0 Å². The maximum absolute atomic E-state index is 14.3. The summed E-state index contributed by atoms with van der Waals surface area (Å²) in [6, 6.07) is 13.4. The highest BCUT2D eigenvalue weighted by molar-refractivity contribution is 5.92. The molecular formula is C43H62N6O5. The monoisotopic (exact) mass is 742 g/mol. The van der Waals surface area contributed by atoms with Gasteiger partial charge in [0.05, 0.1) is 18.5 Å². The predicted octanol–water partition coefficient (Wildman–Crippen LogP) is 6.59. The van der Waals surface area contributed by atoms with Crippen molar-refractivity contribution in [3.8, 4) is 0 Å². The molecule has 5 N–H and O–H groups in total. The van der Waals surface area contributed by atoms with Crippen LogP contribution >= 0.6 is 0 Å². The number of pyridine rings is 1. The molecule has 0 unspecified atom stereocenters. The second kappa shape index (κ2) is 20.9. The van der Waals surface area contributed by atoms with Crippen molar-refractivity contribution < 1.29 is 24.3 Å². The van der Waals surface area contributed by atoms with Crippen LogP contribution in [0, 0.1) is 29.1 Å². The Kier molecular flexibility index (Phi) is 16.4. The third-order valence-corrected chi connectivity index (χ3v) is 10.8. The second-order valence-corrected chi connectivity index (χ2v) is 16.6. The molecule has 5 atom stereocenters. The number of H-pyrrole nitrogens is 1. The highest BCUT2D eigenvalue weighted by Crippen LogP contribution is 2.31. The molecule has 1 aromatic carbocycles. The second-order valence-electron chi connectivity index (χ2n) is 16.6. The number of nitrogens with zero attached hydrogens (tertiary/aromatic N) is 2. The van der Waals surface area contributed by atoms with Crippen molar-refractivity contribution in [3.63, 3.8) is 0 Å². The van der Waals surface area contributed by atoms with E-state index in [4.69, 9.17) is 0 Å². The summed E-state index contributed by atoms with van der Waals surface area (Å²) in [6.45, 7) is 9.73. The number of rotatable bonds is 20. The van der Waals surface area contributed by atoms with Gasteiger partial charge in [0.2, 0.25) is 17.7 Å². The number of carbonyl (C=O) groups excluding carboxylic acids is 4. The Morgan fingerprint density at radius 2 is 1.65 bits per heavy atom. The van der Waals surface area contributed by atoms with Gasteiger partial charge in [-0.05, 0) is 61.1 Å². The van der Waals surface area contributed by atoms with E-state index in [9.17, 15) is 24.3 Å². The van der Waals surface area contributed by atoms with Crippen LogP contribution in [-0.4, -0.2) is 61.8 Å². The Bertz CT molecular complexity index is 1590. The first-order valence-electron chi connectivity index (χ1n) is 19.8. The van der Waals surface area contributed by atoms with Crippen molar-refractivity contribution >= 4 is 29.3 Å². The molecule has 294 valence electrons. The van der Waals surface area contributed by atoms with Gasteiger partial charge in [0.1, 0.15) is 17.6 Å². The Morgan fingerprint density at radius 3 is 2.28 bits per heavy atom. The van der Waals surface area contributed by atoms with E-state index >= 15 is 0 Å². The molecule has 4 rings (SSSR count). The summed E-state index contributed by atoms with van der Waals surface area (Å²) < 4.78 is 0. The molecule has 11 heteroatoms. The maximum Gasteiger partial charge on any atom is 0.243 e. The molecule has 11 nitrogen and oxygen atoms in total. The summed E-state index contributed by atoms with van der Waals surface area (Å²) in [5, 5.41) is 20.9. The van der Waals surface area contributed by atoms with E-state index in [0.29, 0.717) is 43.1 Å². The smallest absolute Gasteiger partial charge is 0.243 e. The lowest BCUT2D eigenvalue weighted by Gasteiger charge is -2.34. The average molecular weight is 743 g/mol. The first-order valence-corrected chi connectivity index (χ1v) is 19.8. The van der Waals surface area contributed by atoms with Crippen LogP contribution in [0.3, 0.4) is 0 Å². The molecule has 1 fully saturated rings. The van der Waals surface area contributed by atoms with E-state index in [-0.39, 0.29) is 48.7 Å². The van der Waals surface area contributed by atoms with Gasteiger partial charge in [-0.3, -0.25) is 19.2 Å². The maximum atomic E-state index is 14.3. The fourth-order valence-corrected chi connectivity index (χ4v) is 7.34. The number of anilines is 1. The number of aromatic amines is 1. The number of hydrogen-bond donors (Lipinski definition) is 5. The minimum absolute atomic E-state index is 0.0276. The summed E-state index contributed by atoms with van der Waals surface area (Å²) in [6.07, 6.45) is 11.9. The van der Waals surface area contributed by atoms with Gasteiger partial charge in [-0.25, -0.2) is 9.97 Å². The van der Waals surface area contributed by atoms with Gasteiger partial charge < -0.3 is 26.0 Å². The number of hydrogen-bond acceptors (Lipinski definition) is 7. The van der Waals surface area contributed by atoms with Crippen LogP contribution in [0.2, 0.25) is 0 Å². The third-order valence-electron chi connectivity index (χ3n) is 10.8. The normalized spacial score (nSPS) is 16.5. The number of nitrogens with one attached hydrogen (secondary N) is 4. The van der Waals surface area contributed by atoms with Gasteiger partial charge in [0.15, 0.2) is 0 Å². The van der Waals surface area contributed by atoms with Crippen LogP contribution in [0.4, 0.5) is 5.82 Å². The van der Waals surface area contributed by atoms with Crippen LogP contribution in [0.15, 0.2) is 67.3 Å². The van der Waals surface area contributed by atoms with E-state index in [1.165, 1.54) is 12.7 Å². The van der Waals surface area contributed by atoms with Crippen molar-refractivity contribution in [1.29, 1.82) is 0 Å².